The zero-order valence-corrected chi connectivity index (χ0v) is 16.9. The Hall–Kier alpha value is -1.08. The first-order valence-electron chi connectivity index (χ1n) is 9.09. The minimum atomic E-state index is -0.00975. The number of fused-ring (bicyclic) bond motifs is 2. The van der Waals surface area contributed by atoms with Crippen LogP contribution in [0.15, 0.2) is 29.8 Å². The molecule has 2 bridgehead atoms. The molecule has 1 saturated carbocycles. The fourth-order valence-electron chi connectivity index (χ4n) is 6.66. The molecule has 0 aromatic heterocycles. The lowest BCUT2D eigenvalue weighted by Gasteiger charge is -2.55. The van der Waals surface area contributed by atoms with Gasteiger partial charge < -0.3 is 43.7 Å². The summed E-state index contributed by atoms with van der Waals surface area (Å²) in [5, 5.41) is 14.0. The molecule has 6 atom stereocenters. The van der Waals surface area contributed by atoms with E-state index >= 15 is 0 Å². The van der Waals surface area contributed by atoms with Gasteiger partial charge in [-0.25, -0.2) is 0 Å². The highest BCUT2D eigenvalue weighted by Crippen LogP contribution is 2.63. The molecule has 3 heterocycles. The Morgan fingerprint density at radius 2 is 2.20 bits per heavy atom. The molecule has 0 amide bonds. The zero-order chi connectivity index (χ0) is 16.7. The number of para-hydroxylation sites is 1. The van der Waals surface area contributed by atoms with E-state index in [9.17, 15) is 9.90 Å². The van der Waals surface area contributed by atoms with Crippen LogP contribution in [-0.4, -0.2) is 48.1 Å². The van der Waals surface area contributed by atoms with Crippen LogP contribution in [0.1, 0.15) is 25.3 Å². The summed E-state index contributed by atoms with van der Waals surface area (Å²) >= 11 is 0. The smallest absolute Gasteiger partial charge is 0.138 e. The largest absolute Gasteiger partial charge is 1.00 e. The van der Waals surface area contributed by atoms with Crippen LogP contribution in [0.3, 0.4) is 0 Å². The summed E-state index contributed by atoms with van der Waals surface area (Å²) in [7, 11) is 2.39. The fourth-order valence-corrected chi connectivity index (χ4v) is 6.66. The molecule has 1 aromatic rings. The third-order valence-corrected chi connectivity index (χ3v) is 7.66. The molecule has 3 fully saturated rings. The number of nitrogens with zero attached hydrogens (tertiary/aromatic N) is 1. The lowest BCUT2D eigenvalue weighted by molar-refractivity contribution is -0.924. The Labute approximate surface area is 165 Å². The van der Waals surface area contributed by atoms with Crippen molar-refractivity contribution < 1.29 is 38.4 Å². The van der Waals surface area contributed by atoms with E-state index in [4.69, 9.17) is 0 Å². The van der Waals surface area contributed by atoms with E-state index in [1.807, 2.05) is 6.07 Å². The molecule has 1 spiro atoms. The molecule has 2 N–H and O–H groups in total. The van der Waals surface area contributed by atoms with E-state index in [-0.39, 0.29) is 41.4 Å². The minimum Gasteiger partial charge on any atom is -1.00 e. The van der Waals surface area contributed by atoms with Gasteiger partial charge in [-0.05, 0) is 24.1 Å². The summed E-state index contributed by atoms with van der Waals surface area (Å²) in [6.07, 6.45) is 5.61. The number of phenols is 1. The average Bonchev–Trinajstić information content (AvgIpc) is 3.09. The van der Waals surface area contributed by atoms with Crippen molar-refractivity contribution in [3.63, 3.8) is 0 Å². The number of piperidine rings is 1. The van der Waals surface area contributed by atoms with E-state index < -0.39 is 0 Å². The lowest BCUT2D eigenvalue weighted by Crippen LogP contribution is -3.00. The van der Waals surface area contributed by atoms with Gasteiger partial charge in [0.15, 0.2) is 0 Å². The number of carbonyl (C=O) groups excluding carboxylic acids is 1. The molecular formula is C20H25IN2O2. The summed E-state index contributed by atoms with van der Waals surface area (Å²) < 4.78 is 1.08. The van der Waals surface area contributed by atoms with Crippen molar-refractivity contribution in [3.05, 3.63) is 35.4 Å². The number of halogens is 1. The van der Waals surface area contributed by atoms with Crippen molar-refractivity contribution in [2.75, 3.05) is 25.5 Å². The maximum absolute atomic E-state index is 12.1. The molecule has 4 aliphatic rings. The Kier molecular flexibility index (Phi) is 3.79. The zero-order valence-electron chi connectivity index (χ0n) is 14.7. The molecule has 5 rings (SSSR count). The van der Waals surface area contributed by atoms with Crippen LogP contribution in [0.2, 0.25) is 0 Å². The number of aromatic hydroxyl groups is 1. The first kappa shape index (κ1) is 17.3. The number of nitrogens with one attached hydrogen (secondary N) is 1. The van der Waals surface area contributed by atoms with Crippen LogP contribution in [0, 0.1) is 11.8 Å². The van der Waals surface area contributed by atoms with Crippen LogP contribution < -0.4 is 29.3 Å². The third kappa shape index (κ3) is 1.89. The summed E-state index contributed by atoms with van der Waals surface area (Å²) in [5.41, 5.74) is 3.55. The average molecular weight is 452 g/mol. The predicted octanol–water partition coefficient (Wildman–Crippen LogP) is -0.558. The molecule has 3 aliphatic heterocycles. The van der Waals surface area contributed by atoms with Crippen molar-refractivity contribution >= 4 is 12.0 Å². The summed E-state index contributed by atoms with van der Waals surface area (Å²) in [4.78, 5) is 12.1. The molecule has 5 unspecified atom stereocenters. The second kappa shape index (κ2) is 5.46. The highest BCUT2D eigenvalue weighted by Gasteiger charge is 2.71. The van der Waals surface area contributed by atoms with Gasteiger partial charge in [0.25, 0.3) is 0 Å². The van der Waals surface area contributed by atoms with Gasteiger partial charge in [0, 0.05) is 24.7 Å². The summed E-state index contributed by atoms with van der Waals surface area (Å²) in [5.74, 6) is 0.665. The van der Waals surface area contributed by atoms with Crippen LogP contribution in [0.25, 0.3) is 0 Å². The number of quaternary nitrogens is 1. The Bertz CT molecular complexity index is 779. The number of likely N-dealkylation sites (N-methyl/N-ethyl adjacent to an activating group) is 1. The summed E-state index contributed by atoms with van der Waals surface area (Å²) in [6.45, 7) is 4.33. The predicted molar refractivity (Wildman–Crippen MR) is 92.9 cm³/mol. The topological polar surface area (TPSA) is 49.3 Å². The Balaban J connectivity index is 0.00000157. The quantitative estimate of drug-likeness (QED) is 0.198. The standard InChI is InChI=1S/C20H24N2O2.HI/c1-3-12-10-22(2)8-7-20-15-5-4-6-16(24)18(15)21-19(20)14(11-23)13(12)9-17(20)22;/h3-6,11,13-14,17,19,21H,7-10H2,1-2H3;1H/b12-3+;/t13-,14?,17?,19?,20?,22?;/m0./s1. The molecule has 1 aromatic carbocycles. The highest BCUT2D eigenvalue weighted by atomic mass is 127. The van der Waals surface area contributed by atoms with Crippen LogP contribution in [0.4, 0.5) is 5.69 Å². The Morgan fingerprint density at radius 1 is 1.40 bits per heavy atom. The fraction of sp³-hybridized carbons (Fsp3) is 0.550. The van der Waals surface area contributed by atoms with Gasteiger partial charge in [0.2, 0.25) is 0 Å². The van der Waals surface area contributed by atoms with Crippen LogP contribution in [0.5, 0.6) is 5.75 Å². The number of benzene rings is 1. The first-order chi connectivity index (χ1) is 11.5. The first-order valence-corrected chi connectivity index (χ1v) is 9.09. The van der Waals surface area contributed by atoms with Gasteiger partial charge in [-0.1, -0.05) is 18.2 Å². The molecular weight excluding hydrogens is 427 g/mol. The maximum atomic E-state index is 12.1. The normalized spacial score (nSPS) is 44.5. The van der Waals surface area contributed by atoms with E-state index in [2.05, 4.69) is 31.4 Å². The van der Waals surface area contributed by atoms with Gasteiger partial charge in [0.05, 0.1) is 30.7 Å². The maximum Gasteiger partial charge on any atom is 0.138 e. The van der Waals surface area contributed by atoms with Gasteiger partial charge in [0.1, 0.15) is 24.6 Å². The van der Waals surface area contributed by atoms with Gasteiger partial charge >= 0.3 is 0 Å². The number of allylic oxidation sites excluding steroid dienone is 1. The number of aldehydes is 1. The van der Waals surface area contributed by atoms with Crippen molar-refractivity contribution in [3.8, 4) is 5.75 Å². The second-order valence-corrected chi connectivity index (χ2v) is 8.41. The number of hydrogen-bond acceptors (Lipinski definition) is 3. The molecule has 5 heteroatoms. The number of rotatable bonds is 1. The number of anilines is 1. The van der Waals surface area contributed by atoms with E-state index in [1.165, 1.54) is 17.4 Å². The van der Waals surface area contributed by atoms with Crippen molar-refractivity contribution in [2.45, 2.75) is 37.3 Å². The van der Waals surface area contributed by atoms with Gasteiger partial charge in [-0.15, -0.1) is 0 Å². The highest BCUT2D eigenvalue weighted by molar-refractivity contribution is 5.74. The van der Waals surface area contributed by atoms with Crippen molar-refractivity contribution in [1.29, 1.82) is 0 Å². The van der Waals surface area contributed by atoms with Crippen molar-refractivity contribution in [2.24, 2.45) is 11.8 Å². The molecule has 1 aliphatic carbocycles. The molecule has 4 nitrogen and oxygen atoms in total. The molecule has 2 saturated heterocycles. The molecule has 25 heavy (non-hydrogen) atoms. The summed E-state index contributed by atoms with van der Waals surface area (Å²) in [6, 6.07) is 6.52. The van der Waals surface area contributed by atoms with Gasteiger partial charge in [-0.2, -0.15) is 0 Å². The molecule has 0 radical (unpaired) electrons. The van der Waals surface area contributed by atoms with Crippen molar-refractivity contribution in [1.82, 2.24) is 0 Å². The Morgan fingerprint density at radius 3 is 2.92 bits per heavy atom. The van der Waals surface area contributed by atoms with Crippen LogP contribution >= 0.6 is 0 Å². The third-order valence-electron chi connectivity index (χ3n) is 7.66. The number of hydrogen-bond donors (Lipinski definition) is 2. The monoisotopic (exact) mass is 452 g/mol. The second-order valence-electron chi connectivity index (χ2n) is 8.41. The number of phenolic OH excluding ortho intramolecular Hbond substituents is 1. The molecule has 134 valence electrons. The van der Waals surface area contributed by atoms with E-state index in [0.29, 0.717) is 17.7 Å². The van der Waals surface area contributed by atoms with Crippen LogP contribution in [-0.2, 0) is 10.2 Å². The number of carbonyl (C=O) groups is 1. The lowest BCUT2D eigenvalue weighted by atomic mass is 9.55. The SMILES string of the molecule is C/C=C1\C[N+]2(C)CCC34c5cccc(O)c5NC3C(C=O)[C@H]1CC42.[I-]. The minimum absolute atomic E-state index is 0. The van der Waals surface area contributed by atoms with Gasteiger partial charge in [-0.3, -0.25) is 0 Å². The van der Waals surface area contributed by atoms with E-state index in [0.717, 1.165) is 36.1 Å². The van der Waals surface area contributed by atoms with E-state index in [1.54, 1.807) is 6.07 Å².